The Bertz CT molecular complexity index is 442. The third-order valence-corrected chi connectivity index (χ3v) is 2.06. The van der Waals surface area contributed by atoms with Gasteiger partial charge in [-0.2, -0.15) is 0 Å². The number of nitrogens with zero attached hydrogens (tertiary/aromatic N) is 2. The van der Waals surface area contributed by atoms with Crippen molar-refractivity contribution in [3.05, 3.63) is 36.9 Å². The molecule has 0 saturated heterocycles. The van der Waals surface area contributed by atoms with E-state index < -0.39 is 0 Å². The maximum atomic E-state index is 4.20. The van der Waals surface area contributed by atoms with E-state index in [9.17, 15) is 0 Å². The molecule has 3 heterocycles. The lowest BCUT2D eigenvalue weighted by Gasteiger charge is -1.92. The highest BCUT2D eigenvalue weighted by Crippen LogP contribution is 2.13. The first-order valence-corrected chi connectivity index (χ1v) is 3.83. The van der Waals surface area contributed by atoms with E-state index in [1.165, 1.54) is 5.39 Å². The summed E-state index contributed by atoms with van der Waals surface area (Å²) >= 11 is 0. The standard InChI is InChI=1S/C9H7N3/c1-2-10-8-6-12-4-3-11-9(12)5-7(1)8/h1-6,10H. The van der Waals surface area contributed by atoms with Crippen LogP contribution in [-0.4, -0.2) is 14.4 Å². The van der Waals surface area contributed by atoms with Crippen molar-refractivity contribution in [3.8, 4) is 0 Å². The SMILES string of the molecule is c1cn2cc3[nH]ccc3cc2n1. The molecule has 3 aromatic rings. The van der Waals surface area contributed by atoms with E-state index in [2.05, 4.69) is 16.0 Å². The number of rotatable bonds is 0. The van der Waals surface area contributed by atoms with Gasteiger partial charge in [-0.15, -0.1) is 0 Å². The molecule has 0 saturated carbocycles. The molecule has 12 heavy (non-hydrogen) atoms. The Kier molecular flexibility index (Phi) is 0.913. The molecule has 0 aliphatic carbocycles. The van der Waals surface area contributed by atoms with Gasteiger partial charge in [0.15, 0.2) is 0 Å². The lowest BCUT2D eigenvalue weighted by Crippen LogP contribution is -1.81. The highest BCUT2D eigenvalue weighted by atomic mass is 15.0. The molecule has 0 unspecified atom stereocenters. The zero-order valence-electron chi connectivity index (χ0n) is 6.36. The average Bonchev–Trinajstić information content (AvgIpc) is 2.64. The molecule has 0 radical (unpaired) electrons. The van der Waals surface area contributed by atoms with Gasteiger partial charge < -0.3 is 9.38 Å². The predicted octanol–water partition coefficient (Wildman–Crippen LogP) is 1.82. The van der Waals surface area contributed by atoms with Crippen molar-refractivity contribution in [2.45, 2.75) is 0 Å². The Balaban J connectivity index is 2.62. The molecule has 0 amide bonds. The largest absolute Gasteiger partial charge is 0.360 e. The number of aromatic nitrogens is 3. The average molecular weight is 157 g/mol. The summed E-state index contributed by atoms with van der Waals surface area (Å²) in [5, 5.41) is 1.20. The van der Waals surface area contributed by atoms with Crippen LogP contribution in [0.2, 0.25) is 0 Å². The van der Waals surface area contributed by atoms with Crippen LogP contribution in [-0.2, 0) is 0 Å². The quantitative estimate of drug-likeness (QED) is 0.530. The molecule has 58 valence electrons. The van der Waals surface area contributed by atoms with Crippen molar-refractivity contribution in [2.24, 2.45) is 0 Å². The summed E-state index contributed by atoms with van der Waals surface area (Å²) in [7, 11) is 0. The fourth-order valence-electron chi connectivity index (χ4n) is 1.46. The van der Waals surface area contributed by atoms with Gasteiger partial charge >= 0.3 is 0 Å². The van der Waals surface area contributed by atoms with Crippen LogP contribution in [0.4, 0.5) is 0 Å². The maximum Gasteiger partial charge on any atom is 0.137 e. The molecule has 0 spiro atoms. The van der Waals surface area contributed by atoms with Crippen molar-refractivity contribution in [1.82, 2.24) is 14.4 Å². The topological polar surface area (TPSA) is 33.1 Å². The minimum absolute atomic E-state index is 0.988. The van der Waals surface area contributed by atoms with Gasteiger partial charge in [0.2, 0.25) is 0 Å². The number of aromatic amines is 1. The number of hydrogen-bond acceptors (Lipinski definition) is 1. The van der Waals surface area contributed by atoms with Gasteiger partial charge in [0, 0.05) is 30.2 Å². The van der Waals surface area contributed by atoms with Crippen molar-refractivity contribution in [2.75, 3.05) is 0 Å². The zero-order chi connectivity index (χ0) is 7.97. The monoisotopic (exact) mass is 157 g/mol. The number of hydrogen-bond donors (Lipinski definition) is 1. The fraction of sp³-hybridized carbons (Fsp3) is 0. The van der Waals surface area contributed by atoms with Crippen molar-refractivity contribution in [1.29, 1.82) is 0 Å². The van der Waals surface area contributed by atoms with Crippen LogP contribution in [0.3, 0.4) is 0 Å². The van der Waals surface area contributed by atoms with Crippen molar-refractivity contribution < 1.29 is 0 Å². The molecule has 3 aromatic heterocycles. The normalized spacial score (nSPS) is 11.3. The minimum atomic E-state index is 0.988. The number of imidazole rings is 1. The van der Waals surface area contributed by atoms with Crippen LogP contribution in [0.25, 0.3) is 16.6 Å². The molecule has 0 fully saturated rings. The minimum Gasteiger partial charge on any atom is -0.360 e. The second kappa shape index (κ2) is 1.88. The Morgan fingerprint density at radius 2 is 2.42 bits per heavy atom. The first-order valence-electron chi connectivity index (χ1n) is 3.83. The number of pyridine rings is 1. The molecule has 0 bridgehead atoms. The molecule has 0 atom stereocenters. The zero-order valence-corrected chi connectivity index (χ0v) is 6.36. The Hall–Kier alpha value is -1.77. The molecular weight excluding hydrogens is 150 g/mol. The predicted molar refractivity (Wildman–Crippen MR) is 47.0 cm³/mol. The van der Waals surface area contributed by atoms with Crippen LogP contribution >= 0.6 is 0 Å². The molecular formula is C9H7N3. The second-order valence-electron chi connectivity index (χ2n) is 2.81. The molecule has 3 rings (SSSR count). The van der Waals surface area contributed by atoms with Crippen molar-refractivity contribution >= 4 is 16.6 Å². The number of nitrogens with one attached hydrogen (secondary N) is 1. The molecule has 3 nitrogen and oxygen atoms in total. The van der Waals surface area contributed by atoms with Crippen LogP contribution < -0.4 is 0 Å². The molecule has 0 aromatic carbocycles. The molecule has 3 heteroatoms. The van der Waals surface area contributed by atoms with Gasteiger partial charge in [-0.3, -0.25) is 0 Å². The van der Waals surface area contributed by atoms with Gasteiger partial charge in [0.25, 0.3) is 0 Å². The first kappa shape index (κ1) is 5.83. The summed E-state index contributed by atoms with van der Waals surface area (Å²) in [6, 6.07) is 4.11. The van der Waals surface area contributed by atoms with Gasteiger partial charge in [-0.05, 0) is 12.1 Å². The summed E-state index contributed by atoms with van der Waals surface area (Å²) in [4.78, 5) is 7.35. The Morgan fingerprint density at radius 3 is 3.42 bits per heavy atom. The number of fused-ring (bicyclic) bond motifs is 2. The highest BCUT2D eigenvalue weighted by molar-refractivity contribution is 5.81. The smallest absolute Gasteiger partial charge is 0.137 e. The lowest BCUT2D eigenvalue weighted by molar-refractivity contribution is 1.20. The van der Waals surface area contributed by atoms with E-state index in [1.807, 2.05) is 29.1 Å². The third-order valence-electron chi connectivity index (χ3n) is 2.06. The summed E-state index contributed by atoms with van der Waals surface area (Å²) in [5.41, 5.74) is 2.13. The molecule has 0 aliphatic heterocycles. The van der Waals surface area contributed by atoms with E-state index in [0.717, 1.165) is 11.2 Å². The van der Waals surface area contributed by atoms with E-state index >= 15 is 0 Å². The van der Waals surface area contributed by atoms with Crippen LogP contribution in [0.15, 0.2) is 36.9 Å². The fourth-order valence-corrected chi connectivity index (χ4v) is 1.46. The van der Waals surface area contributed by atoms with E-state index in [1.54, 1.807) is 6.20 Å². The van der Waals surface area contributed by atoms with Crippen molar-refractivity contribution in [3.63, 3.8) is 0 Å². The summed E-state index contributed by atoms with van der Waals surface area (Å²) in [5.74, 6) is 0. The summed E-state index contributed by atoms with van der Waals surface area (Å²) in [6.45, 7) is 0. The Morgan fingerprint density at radius 1 is 1.42 bits per heavy atom. The van der Waals surface area contributed by atoms with Crippen LogP contribution in [0.1, 0.15) is 0 Å². The van der Waals surface area contributed by atoms with Gasteiger partial charge in [-0.25, -0.2) is 4.98 Å². The molecule has 0 aliphatic rings. The van der Waals surface area contributed by atoms with Gasteiger partial charge in [0.1, 0.15) is 5.65 Å². The maximum absolute atomic E-state index is 4.20. The van der Waals surface area contributed by atoms with E-state index in [4.69, 9.17) is 0 Å². The van der Waals surface area contributed by atoms with Gasteiger partial charge in [-0.1, -0.05) is 0 Å². The Labute approximate surface area is 68.7 Å². The van der Waals surface area contributed by atoms with E-state index in [-0.39, 0.29) is 0 Å². The first-order chi connectivity index (χ1) is 5.93. The van der Waals surface area contributed by atoms with Crippen LogP contribution in [0, 0.1) is 0 Å². The van der Waals surface area contributed by atoms with E-state index in [0.29, 0.717) is 0 Å². The second-order valence-corrected chi connectivity index (χ2v) is 2.81. The summed E-state index contributed by atoms with van der Waals surface area (Å²) in [6.07, 6.45) is 7.71. The summed E-state index contributed by atoms with van der Waals surface area (Å²) < 4.78 is 2.00. The van der Waals surface area contributed by atoms with Crippen LogP contribution in [0.5, 0.6) is 0 Å². The highest BCUT2D eigenvalue weighted by Gasteiger charge is 1.97. The molecule has 1 N–H and O–H groups in total. The third kappa shape index (κ3) is 0.625. The lowest BCUT2D eigenvalue weighted by atomic mass is 10.3. The number of H-pyrrole nitrogens is 1. The van der Waals surface area contributed by atoms with Gasteiger partial charge in [0.05, 0.1) is 5.52 Å².